The van der Waals surface area contributed by atoms with Crippen molar-refractivity contribution in [3.63, 3.8) is 0 Å². The highest BCUT2D eigenvalue weighted by atomic mass is 16.5. The van der Waals surface area contributed by atoms with Gasteiger partial charge in [-0.15, -0.1) is 0 Å². The second-order valence-corrected chi connectivity index (χ2v) is 5.38. The Morgan fingerprint density at radius 3 is 2.57 bits per heavy atom. The minimum absolute atomic E-state index is 0.0821. The summed E-state index contributed by atoms with van der Waals surface area (Å²) >= 11 is 0. The molecule has 0 saturated carbocycles. The highest BCUT2D eigenvalue weighted by Crippen LogP contribution is 2.17. The quantitative estimate of drug-likeness (QED) is 0.770. The number of nitrogens with zero attached hydrogens (tertiary/aromatic N) is 3. The Morgan fingerprint density at radius 1 is 1.29 bits per heavy atom. The fourth-order valence-electron chi connectivity index (χ4n) is 2.24. The molecule has 7 heteroatoms. The Balaban J connectivity index is 2.11. The number of ether oxygens (including phenoxy) is 1. The Hall–Kier alpha value is -1.70. The monoisotopic (exact) mass is 295 g/mol. The number of aromatic nitrogens is 1. The van der Waals surface area contributed by atoms with E-state index in [-0.39, 0.29) is 19.1 Å². The van der Waals surface area contributed by atoms with E-state index in [2.05, 4.69) is 4.98 Å². The van der Waals surface area contributed by atoms with Gasteiger partial charge in [0.2, 0.25) is 0 Å². The lowest BCUT2D eigenvalue weighted by atomic mass is 10.0. The highest BCUT2D eigenvalue weighted by molar-refractivity contribution is 5.94. The van der Waals surface area contributed by atoms with Crippen molar-refractivity contribution >= 4 is 11.7 Å². The van der Waals surface area contributed by atoms with E-state index in [1.165, 1.54) is 11.1 Å². The fraction of sp³-hybridized carbons (Fsp3) is 0.571. The molecular formula is C14H21N3O4. The van der Waals surface area contributed by atoms with Gasteiger partial charge in [0.25, 0.3) is 5.91 Å². The fourth-order valence-corrected chi connectivity index (χ4v) is 2.24. The third kappa shape index (κ3) is 3.31. The van der Waals surface area contributed by atoms with E-state index in [1.54, 1.807) is 19.2 Å². The van der Waals surface area contributed by atoms with E-state index >= 15 is 0 Å². The summed E-state index contributed by atoms with van der Waals surface area (Å²) in [6, 6.07) is 2.87. The number of hydrogen-bond donors (Lipinski definition) is 2. The van der Waals surface area contributed by atoms with Crippen LogP contribution in [0, 0.1) is 0 Å². The van der Waals surface area contributed by atoms with Gasteiger partial charge in [0.1, 0.15) is 18.0 Å². The Morgan fingerprint density at radius 2 is 2.00 bits per heavy atom. The van der Waals surface area contributed by atoms with Crippen LogP contribution in [0.15, 0.2) is 18.3 Å². The van der Waals surface area contributed by atoms with Crippen LogP contribution in [0.5, 0.6) is 0 Å². The predicted molar refractivity (Wildman–Crippen MR) is 77.3 cm³/mol. The van der Waals surface area contributed by atoms with Crippen molar-refractivity contribution in [2.24, 2.45) is 0 Å². The average molecular weight is 295 g/mol. The SMILES string of the molecule is CN(C)c1ccc(C(=O)N(C)[C@@H]2COC[C@@H](O)[C@H]2O)cn1. The summed E-state index contributed by atoms with van der Waals surface area (Å²) < 4.78 is 5.20. The van der Waals surface area contributed by atoms with Gasteiger partial charge in [-0.25, -0.2) is 4.98 Å². The average Bonchev–Trinajstić information content (AvgIpc) is 2.48. The van der Waals surface area contributed by atoms with Crippen LogP contribution in [-0.2, 0) is 4.74 Å². The largest absolute Gasteiger partial charge is 0.388 e. The molecule has 0 bridgehead atoms. The molecule has 21 heavy (non-hydrogen) atoms. The molecule has 1 fully saturated rings. The van der Waals surface area contributed by atoms with Gasteiger partial charge in [-0.3, -0.25) is 4.79 Å². The van der Waals surface area contributed by atoms with Crippen LogP contribution in [0.25, 0.3) is 0 Å². The smallest absolute Gasteiger partial charge is 0.255 e. The standard InChI is InChI=1S/C14H21N3O4/c1-16(2)12-5-4-9(6-15-12)14(20)17(3)10-7-21-8-11(18)13(10)19/h4-6,10-11,13,18-19H,7-8H2,1-3H3/t10-,11-,13+/m1/s1. The maximum absolute atomic E-state index is 12.4. The number of amides is 1. The number of pyridine rings is 1. The number of hydrogen-bond acceptors (Lipinski definition) is 6. The van der Waals surface area contributed by atoms with E-state index in [9.17, 15) is 15.0 Å². The molecule has 1 aromatic heterocycles. The van der Waals surface area contributed by atoms with Crippen molar-refractivity contribution < 1.29 is 19.7 Å². The van der Waals surface area contributed by atoms with E-state index in [1.807, 2.05) is 19.0 Å². The van der Waals surface area contributed by atoms with Gasteiger partial charge in [0.15, 0.2) is 0 Å². The summed E-state index contributed by atoms with van der Waals surface area (Å²) in [7, 11) is 5.32. The first-order valence-corrected chi connectivity index (χ1v) is 6.76. The molecule has 1 amide bonds. The van der Waals surface area contributed by atoms with Crippen LogP contribution in [0.2, 0.25) is 0 Å². The lowest BCUT2D eigenvalue weighted by molar-refractivity contribution is -0.122. The summed E-state index contributed by atoms with van der Waals surface area (Å²) in [6.07, 6.45) is -0.490. The van der Waals surface area contributed by atoms with Crippen LogP contribution >= 0.6 is 0 Å². The van der Waals surface area contributed by atoms with E-state index in [0.29, 0.717) is 5.56 Å². The topological polar surface area (TPSA) is 86.1 Å². The van der Waals surface area contributed by atoms with Crippen molar-refractivity contribution in [1.29, 1.82) is 0 Å². The molecule has 1 aromatic rings. The van der Waals surface area contributed by atoms with Gasteiger partial charge in [-0.05, 0) is 12.1 Å². The van der Waals surface area contributed by atoms with Crippen LogP contribution in [-0.4, -0.2) is 78.6 Å². The molecule has 0 aliphatic carbocycles. The molecule has 2 rings (SSSR count). The normalized spacial score (nSPS) is 25.5. The Kier molecular flexibility index (Phi) is 4.76. The molecule has 116 valence electrons. The number of aliphatic hydroxyl groups is 2. The molecule has 3 atom stereocenters. The highest BCUT2D eigenvalue weighted by Gasteiger charge is 2.36. The third-order valence-corrected chi connectivity index (χ3v) is 3.64. The van der Waals surface area contributed by atoms with Crippen LogP contribution in [0.4, 0.5) is 5.82 Å². The minimum Gasteiger partial charge on any atom is -0.388 e. The molecule has 0 radical (unpaired) electrons. The maximum atomic E-state index is 12.4. The van der Waals surface area contributed by atoms with Crippen LogP contribution < -0.4 is 4.90 Å². The number of carbonyl (C=O) groups is 1. The molecule has 1 aliphatic heterocycles. The number of anilines is 1. The third-order valence-electron chi connectivity index (χ3n) is 3.64. The molecule has 7 nitrogen and oxygen atoms in total. The van der Waals surface area contributed by atoms with Gasteiger partial charge in [-0.1, -0.05) is 0 Å². The second-order valence-electron chi connectivity index (χ2n) is 5.38. The first-order valence-electron chi connectivity index (χ1n) is 6.76. The number of likely N-dealkylation sites (N-methyl/N-ethyl adjacent to an activating group) is 1. The van der Waals surface area contributed by atoms with Gasteiger partial charge < -0.3 is 24.7 Å². The summed E-state index contributed by atoms with van der Waals surface area (Å²) in [5.74, 6) is 0.486. The van der Waals surface area contributed by atoms with Gasteiger partial charge in [-0.2, -0.15) is 0 Å². The summed E-state index contributed by atoms with van der Waals surface area (Å²) in [5.41, 5.74) is 0.426. The van der Waals surface area contributed by atoms with Gasteiger partial charge in [0.05, 0.1) is 24.8 Å². The first-order chi connectivity index (χ1) is 9.91. The molecular weight excluding hydrogens is 274 g/mol. The predicted octanol–water partition coefficient (Wildman–Crippen LogP) is -0.660. The number of aliphatic hydroxyl groups excluding tert-OH is 2. The van der Waals surface area contributed by atoms with Crippen molar-refractivity contribution in [3.8, 4) is 0 Å². The zero-order valence-corrected chi connectivity index (χ0v) is 12.4. The molecule has 1 saturated heterocycles. The Labute approximate surface area is 123 Å². The Bertz CT molecular complexity index is 491. The summed E-state index contributed by atoms with van der Waals surface area (Å²) in [6.45, 7) is 0.280. The zero-order valence-electron chi connectivity index (χ0n) is 12.4. The lowest BCUT2D eigenvalue weighted by Crippen LogP contribution is -2.56. The number of rotatable bonds is 3. The van der Waals surface area contributed by atoms with Crippen LogP contribution in [0.3, 0.4) is 0 Å². The summed E-state index contributed by atoms with van der Waals surface area (Å²) in [4.78, 5) is 19.8. The van der Waals surface area contributed by atoms with Gasteiger partial charge in [0, 0.05) is 27.3 Å². The van der Waals surface area contributed by atoms with Crippen LogP contribution in [0.1, 0.15) is 10.4 Å². The molecule has 0 spiro atoms. The van der Waals surface area contributed by atoms with Crippen molar-refractivity contribution in [2.45, 2.75) is 18.2 Å². The van der Waals surface area contributed by atoms with Crippen molar-refractivity contribution in [1.82, 2.24) is 9.88 Å². The molecule has 0 aromatic carbocycles. The molecule has 2 N–H and O–H groups in total. The van der Waals surface area contributed by atoms with E-state index in [4.69, 9.17) is 4.74 Å². The van der Waals surface area contributed by atoms with E-state index < -0.39 is 18.2 Å². The maximum Gasteiger partial charge on any atom is 0.255 e. The molecule has 0 unspecified atom stereocenters. The zero-order chi connectivity index (χ0) is 15.6. The lowest BCUT2D eigenvalue weighted by Gasteiger charge is -2.37. The number of carbonyl (C=O) groups excluding carboxylic acids is 1. The van der Waals surface area contributed by atoms with Crippen molar-refractivity contribution in [3.05, 3.63) is 23.9 Å². The van der Waals surface area contributed by atoms with Gasteiger partial charge >= 0.3 is 0 Å². The van der Waals surface area contributed by atoms with E-state index in [0.717, 1.165) is 5.82 Å². The summed E-state index contributed by atoms with van der Waals surface area (Å²) in [5, 5.41) is 19.6. The minimum atomic E-state index is -1.01. The van der Waals surface area contributed by atoms with Crippen molar-refractivity contribution in [2.75, 3.05) is 39.3 Å². The molecule has 2 heterocycles. The first kappa shape index (κ1) is 15.7. The molecule has 1 aliphatic rings. The second kappa shape index (κ2) is 6.38.